The Balaban J connectivity index is 0.00000441. The van der Waals surface area contributed by atoms with Crippen molar-refractivity contribution in [3.63, 3.8) is 0 Å². The van der Waals surface area contributed by atoms with E-state index in [9.17, 15) is 4.79 Å². The van der Waals surface area contributed by atoms with E-state index in [1.165, 1.54) is 6.42 Å². The second kappa shape index (κ2) is 9.57. The number of halogens is 1. The number of nitrogens with zero attached hydrogens (tertiary/aromatic N) is 2. The average molecular weight is 425 g/mol. The highest BCUT2D eigenvalue weighted by Crippen LogP contribution is 2.20. The first kappa shape index (κ1) is 21.5. The standard InChI is InChI=1S/C16H31N3O2.HI/c1-7-17-15(18-9-14(20)21-16(4,5)6)19-10-12(2)8-13(3)11-19;/h12-13H,7-11H2,1-6H3,(H,17,18);1H. The topological polar surface area (TPSA) is 53.9 Å². The average Bonchev–Trinajstić information content (AvgIpc) is 2.30. The smallest absolute Gasteiger partial charge is 0.328 e. The lowest BCUT2D eigenvalue weighted by atomic mass is 9.92. The van der Waals surface area contributed by atoms with Gasteiger partial charge in [-0.2, -0.15) is 0 Å². The molecule has 22 heavy (non-hydrogen) atoms. The van der Waals surface area contributed by atoms with E-state index >= 15 is 0 Å². The lowest BCUT2D eigenvalue weighted by molar-refractivity contribution is -0.152. The third-order valence-corrected chi connectivity index (χ3v) is 3.28. The van der Waals surface area contributed by atoms with E-state index in [0.29, 0.717) is 11.8 Å². The molecule has 1 fully saturated rings. The van der Waals surface area contributed by atoms with Crippen LogP contribution in [0.1, 0.15) is 48.0 Å². The minimum absolute atomic E-state index is 0. The molecular weight excluding hydrogens is 393 g/mol. The van der Waals surface area contributed by atoms with Crippen LogP contribution in [0.2, 0.25) is 0 Å². The molecule has 0 aliphatic carbocycles. The largest absolute Gasteiger partial charge is 0.459 e. The number of aliphatic imine (C=N–C) groups is 1. The van der Waals surface area contributed by atoms with E-state index in [-0.39, 0.29) is 36.5 Å². The Kier molecular flexibility index (Phi) is 9.34. The normalized spacial score (nSPS) is 22.8. The van der Waals surface area contributed by atoms with E-state index in [1.807, 2.05) is 27.7 Å². The fourth-order valence-electron chi connectivity index (χ4n) is 2.77. The van der Waals surface area contributed by atoms with Gasteiger partial charge in [0, 0.05) is 19.6 Å². The highest BCUT2D eigenvalue weighted by atomic mass is 127. The predicted octanol–water partition coefficient (Wildman–Crippen LogP) is 2.89. The zero-order chi connectivity index (χ0) is 16.0. The van der Waals surface area contributed by atoms with Crippen molar-refractivity contribution in [1.82, 2.24) is 10.2 Å². The van der Waals surface area contributed by atoms with Crippen LogP contribution in [0.15, 0.2) is 4.99 Å². The van der Waals surface area contributed by atoms with E-state index in [1.54, 1.807) is 0 Å². The molecule has 6 heteroatoms. The molecule has 0 aromatic heterocycles. The molecule has 0 amide bonds. The van der Waals surface area contributed by atoms with Gasteiger partial charge in [0.1, 0.15) is 12.1 Å². The van der Waals surface area contributed by atoms with Crippen molar-refractivity contribution in [2.45, 2.75) is 53.6 Å². The second-order valence-electron chi connectivity index (χ2n) is 7.11. The highest BCUT2D eigenvalue weighted by molar-refractivity contribution is 14.0. The number of hydrogen-bond acceptors (Lipinski definition) is 3. The van der Waals surface area contributed by atoms with Crippen LogP contribution in [0.4, 0.5) is 0 Å². The van der Waals surface area contributed by atoms with Gasteiger partial charge in [0.15, 0.2) is 5.96 Å². The SMILES string of the molecule is CCNC(=NCC(=O)OC(C)(C)C)N1CC(C)CC(C)C1.I. The highest BCUT2D eigenvalue weighted by Gasteiger charge is 2.24. The van der Waals surface area contributed by atoms with Crippen LogP contribution in [-0.2, 0) is 9.53 Å². The quantitative estimate of drug-likeness (QED) is 0.327. The summed E-state index contributed by atoms with van der Waals surface area (Å²) in [5, 5.41) is 3.28. The molecular formula is C16H32IN3O2. The molecule has 1 N–H and O–H groups in total. The van der Waals surface area contributed by atoms with Crippen LogP contribution < -0.4 is 5.32 Å². The number of nitrogens with one attached hydrogen (secondary N) is 1. The van der Waals surface area contributed by atoms with E-state index < -0.39 is 5.60 Å². The molecule has 130 valence electrons. The summed E-state index contributed by atoms with van der Waals surface area (Å²) in [5.74, 6) is 1.84. The zero-order valence-corrected chi connectivity index (χ0v) is 17.1. The summed E-state index contributed by atoms with van der Waals surface area (Å²) in [6, 6.07) is 0. The van der Waals surface area contributed by atoms with Crippen molar-refractivity contribution in [3.8, 4) is 0 Å². The van der Waals surface area contributed by atoms with Crippen molar-refractivity contribution in [3.05, 3.63) is 0 Å². The van der Waals surface area contributed by atoms with Gasteiger partial charge in [-0.25, -0.2) is 4.99 Å². The summed E-state index contributed by atoms with van der Waals surface area (Å²) in [4.78, 5) is 18.5. The molecule has 0 bridgehead atoms. The number of likely N-dealkylation sites (tertiary alicyclic amines) is 1. The minimum Gasteiger partial charge on any atom is -0.459 e. The summed E-state index contributed by atoms with van der Waals surface area (Å²) < 4.78 is 5.30. The van der Waals surface area contributed by atoms with Crippen LogP contribution in [0, 0.1) is 11.8 Å². The number of ether oxygens (including phenoxy) is 1. The summed E-state index contributed by atoms with van der Waals surface area (Å²) in [6.45, 7) is 15.0. The second-order valence-corrected chi connectivity index (χ2v) is 7.11. The molecule has 0 saturated carbocycles. The molecule has 0 aromatic carbocycles. The molecule has 1 saturated heterocycles. The maximum Gasteiger partial charge on any atom is 0.328 e. The Morgan fingerprint density at radius 2 is 1.82 bits per heavy atom. The third kappa shape index (κ3) is 8.19. The summed E-state index contributed by atoms with van der Waals surface area (Å²) in [5.41, 5.74) is -0.459. The number of hydrogen-bond donors (Lipinski definition) is 1. The van der Waals surface area contributed by atoms with Crippen molar-refractivity contribution < 1.29 is 9.53 Å². The molecule has 5 nitrogen and oxygen atoms in total. The van der Waals surface area contributed by atoms with Crippen LogP contribution >= 0.6 is 24.0 Å². The molecule has 1 aliphatic rings. The fourth-order valence-corrected chi connectivity index (χ4v) is 2.77. The Bertz CT molecular complexity index is 370. The monoisotopic (exact) mass is 425 g/mol. The number of rotatable bonds is 3. The molecule has 1 heterocycles. The van der Waals surface area contributed by atoms with Crippen molar-refractivity contribution >= 4 is 35.9 Å². The van der Waals surface area contributed by atoms with E-state index in [0.717, 1.165) is 25.6 Å². The fraction of sp³-hybridized carbons (Fsp3) is 0.875. The van der Waals surface area contributed by atoms with Gasteiger partial charge in [-0.05, 0) is 46.0 Å². The molecule has 2 unspecified atom stereocenters. The van der Waals surface area contributed by atoms with Crippen LogP contribution in [0.5, 0.6) is 0 Å². The minimum atomic E-state index is -0.459. The number of esters is 1. The zero-order valence-electron chi connectivity index (χ0n) is 14.8. The number of guanidine groups is 1. The molecule has 1 rings (SSSR count). The first-order valence-electron chi connectivity index (χ1n) is 7.96. The summed E-state index contributed by atoms with van der Waals surface area (Å²) in [6.07, 6.45) is 1.25. The molecule has 1 aliphatic heterocycles. The molecule has 0 radical (unpaired) electrons. The van der Waals surface area contributed by atoms with Gasteiger partial charge in [0.25, 0.3) is 0 Å². The number of carbonyl (C=O) groups excluding carboxylic acids is 1. The van der Waals surface area contributed by atoms with Crippen molar-refractivity contribution in [2.75, 3.05) is 26.2 Å². The third-order valence-electron chi connectivity index (χ3n) is 3.28. The first-order valence-corrected chi connectivity index (χ1v) is 7.96. The summed E-state index contributed by atoms with van der Waals surface area (Å²) in [7, 11) is 0. The van der Waals surface area contributed by atoms with E-state index in [2.05, 4.69) is 29.1 Å². The number of carbonyl (C=O) groups is 1. The van der Waals surface area contributed by atoms with E-state index in [4.69, 9.17) is 4.74 Å². The lowest BCUT2D eigenvalue weighted by Crippen LogP contribution is -2.48. The van der Waals surface area contributed by atoms with Gasteiger partial charge in [0.2, 0.25) is 0 Å². The first-order chi connectivity index (χ1) is 9.71. The Morgan fingerprint density at radius 1 is 1.27 bits per heavy atom. The van der Waals surface area contributed by atoms with Gasteiger partial charge < -0.3 is 15.0 Å². The Morgan fingerprint density at radius 3 is 2.27 bits per heavy atom. The van der Waals surface area contributed by atoms with Crippen molar-refractivity contribution in [2.24, 2.45) is 16.8 Å². The number of piperidine rings is 1. The van der Waals surface area contributed by atoms with Gasteiger partial charge in [-0.15, -0.1) is 24.0 Å². The van der Waals surface area contributed by atoms with Gasteiger partial charge >= 0.3 is 5.97 Å². The van der Waals surface area contributed by atoms with Crippen molar-refractivity contribution in [1.29, 1.82) is 0 Å². The van der Waals surface area contributed by atoms with Crippen LogP contribution in [0.25, 0.3) is 0 Å². The molecule has 2 atom stereocenters. The predicted molar refractivity (Wildman–Crippen MR) is 102 cm³/mol. The Labute approximate surface area is 152 Å². The lowest BCUT2D eigenvalue weighted by Gasteiger charge is -2.37. The molecule has 0 spiro atoms. The maximum absolute atomic E-state index is 11.8. The van der Waals surface area contributed by atoms with Crippen LogP contribution in [0.3, 0.4) is 0 Å². The summed E-state index contributed by atoms with van der Waals surface area (Å²) >= 11 is 0. The molecule has 0 aromatic rings. The maximum atomic E-state index is 11.8. The van der Waals surface area contributed by atoms with Gasteiger partial charge in [-0.3, -0.25) is 4.79 Å². The van der Waals surface area contributed by atoms with Crippen LogP contribution in [-0.4, -0.2) is 48.6 Å². The van der Waals surface area contributed by atoms with Gasteiger partial charge in [0.05, 0.1) is 0 Å². The van der Waals surface area contributed by atoms with Gasteiger partial charge in [-0.1, -0.05) is 13.8 Å². The Hall–Kier alpha value is -0.530.